The van der Waals surface area contributed by atoms with Gasteiger partial charge in [0, 0.05) is 25.9 Å². The molecule has 0 atom stereocenters. The van der Waals surface area contributed by atoms with Crippen molar-refractivity contribution < 1.29 is 9.66 Å². The van der Waals surface area contributed by atoms with Crippen LogP contribution in [0.4, 0.5) is 5.69 Å². The van der Waals surface area contributed by atoms with Gasteiger partial charge in [-0.1, -0.05) is 6.07 Å². The lowest BCUT2D eigenvalue weighted by Gasteiger charge is -2.06. The van der Waals surface area contributed by atoms with Crippen molar-refractivity contribution in [1.82, 2.24) is 15.1 Å². The van der Waals surface area contributed by atoms with Crippen molar-refractivity contribution in [2.24, 2.45) is 7.05 Å². The minimum Gasteiger partial charge on any atom is -0.490 e. The van der Waals surface area contributed by atoms with Crippen molar-refractivity contribution in [1.29, 1.82) is 0 Å². The van der Waals surface area contributed by atoms with Gasteiger partial charge < -0.3 is 10.1 Å². The minimum absolute atomic E-state index is 0.0101. The van der Waals surface area contributed by atoms with Gasteiger partial charge in [-0.3, -0.25) is 14.8 Å². The molecule has 0 fully saturated rings. The molecule has 1 aromatic heterocycles. The first kappa shape index (κ1) is 15.0. The van der Waals surface area contributed by atoms with Crippen LogP contribution in [0.1, 0.15) is 11.1 Å². The molecule has 1 N–H and O–H groups in total. The number of aromatic nitrogens is 2. The van der Waals surface area contributed by atoms with Crippen LogP contribution >= 0.6 is 0 Å². The third kappa shape index (κ3) is 4.03. The maximum Gasteiger partial charge on any atom is 0.311 e. The Balaban J connectivity index is 1.88. The molecule has 0 spiro atoms. The molecule has 2 rings (SSSR count). The lowest BCUT2D eigenvalue weighted by atomic mass is 10.2. The average Bonchev–Trinajstić information content (AvgIpc) is 2.89. The summed E-state index contributed by atoms with van der Waals surface area (Å²) in [7, 11) is 3.31. The SMILES string of the molecule is COc1ccc(CNCCc2cnn(C)c2)cc1[N+](=O)[O-]. The molecule has 1 heterocycles. The van der Waals surface area contributed by atoms with Gasteiger partial charge in [0.05, 0.1) is 18.2 Å². The number of hydrogen-bond donors (Lipinski definition) is 1. The van der Waals surface area contributed by atoms with E-state index in [-0.39, 0.29) is 11.4 Å². The molecule has 0 bridgehead atoms. The van der Waals surface area contributed by atoms with Gasteiger partial charge in [0.1, 0.15) is 0 Å². The lowest BCUT2D eigenvalue weighted by molar-refractivity contribution is -0.385. The normalized spacial score (nSPS) is 10.6. The van der Waals surface area contributed by atoms with Gasteiger partial charge in [-0.15, -0.1) is 0 Å². The molecule has 7 nitrogen and oxygen atoms in total. The van der Waals surface area contributed by atoms with E-state index in [0.717, 1.165) is 24.1 Å². The van der Waals surface area contributed by atoms with Crippen LogP contribution < -0.4 is 10.1 Å². The van der Waals surface area contributed by atoms with Crippen LogP contribution in [0.5, 0.6) is 5.75 Å². The fourth-order valence-electron chi connectivity index (χ4n) is 2.05. The number of ether oxygens (including phenoxy) is 1. The number of nitrogens with one attached hydrogen (secondary N) is 1. The first-order valence-electron chi connectivity index (χ1n) is 6.59. The van der Waals surface area contributed by atoms with Crippen LogP contribution in [0.15, 0.2) is 30.6 Å². The van der Waals surface area contributed by atoms with Gasteiger partial charge in [0.2, 0.25) is 0 Å². The summed E-state index contributed by atoms with van der Waals surface area (Å²) in [4.78, 5) is 10.5. The number of nitro groups is 1. The first-order chi connectivity index (χ1) is 10.1. The van der Waals surface area contributed by atoms with Crippen molar-refractivity contribution in [3.05, 3.63) is 51.8 Å². The zero-order chi connectivity index (χ0) is 15.2. The van der Waals surface area contributed by atoms with Crippen molar-refractivity contribution in [2.45, 2.75) is 13.0 Å². The highest BCUT2D eigenvalue weighted by Crippen LogP contribution is 2.27. The average molecular weight is 290 g/mol. The number of benzene rings is 1. The van der Waals surface area contributed by atoms with Crippen molar-refractivity contribution in [2.75, 3.05) is 13.7 Å². The molecule has 0 saturated heterocycles. The van der Waals surface area contributed by atoms with E-state index in [0.29, 0.717) is 6.54 Å². The van der Waals surface area contributed by atoms with E-state index in [1.807, 2.05) is 25.5 Å². The van der Waals surface area contributed by atoms with E-state index in [1.165, 1.54) is 13.2 Å². The Bertz CT molecular complexity index is 624. The van der Waals surface area contributed by atoms with Crippen LogP contribution in [0.2, 0.25) is 0 Å². The number of nitrogens with zero attached hydrogens (tertiary/aromatic N) is 3. The van der Waals surface area contributed by atoms with E-state index in [9.17, 15) is 10.1 Å². The fraction of sp³-hybridized carbons (Fsp3) is 0.357. The summed E-state index contributed by atoms with van der Waals surface area (Å²) in [6, 6.07) is 4.98. The predicted molar refractivity (Wildman–Crippen MR) is 78.3 cm³/mol. The molecule has 21 heavy (non-hydrogen) atoms. The Labute approximate surface area is 122 Å². The standard InChI is InChI=1S/C14H18N4O3/c1-17-10-12(9-16-17)5-6-15-8-11-3-4-14(21-2)13(7-11)18(19)20/h3-4,7,9-10,15H,5-6,8H2,1-2H3. The molecule has 112 valence electrons. The monoisotopic (exact) mass is 290 g/mol. The van der Waals surface area contributed by atoms with Gasteiger partial charge in [-0.05, 0) is 30.2 Å². The molecule has 0 radical (unpaired) electrons. The van der Waals surface area contributed by atoms with Crippen LogP contribution in [0.3, 0.4) is 0 Å². The molecule has 0 aliphatic carbocycles. The van der Waals surface area contributed by atoms with Crippen LogP contribution in [0.25, 0.3) is 0 Å². The minimum atomic E-state index is -0.433. The summed E-state index contributed by atoms with van der Waals surface area (Å²) in [5, 5.41) is 18.3. The molecule has 7 heteroatoms. The molecular formula is C14H18N4O3. The third-order valence-corrected chi connectivity index (χ3v) is 3.12. The van der Waals surface area contributed by atoms with E-state index >= 15 is 0 Å². The smallest absolute Gasteiger partial charge is 0.311 e. The Hall–Kier alpha value is -2.41. The number of methoxy groups -OCH3 is 1. The molecule has 0 amide bonds. The quantitative estimate of drug-likeness (QED) is 0.476. The summed E-state index contributed by atoms with van der Waals surface area (Å²) >= 11 is 0. The summed E-state index contributed by atoms with van der Waals surface area (Å²) in [6.07, 6.45) is 4.67. The van der Waals surface area contributed by atoms with E-state index in [4.69, 9.17) is 4.74 Å². The van der Waals surface area contributed by atoms with Crippen LogP contribution in [-0.2, 0) is 20.0 Å². The highest BCUT2D eigenvalue weighted by atomic mass is 16.6. The molecule has 0 aliphatic heterocycles. The Morgan fingerprint density at radius 3 is 2.86 bits per heavy atom. The zero-order valence-electron chi connectivity index (χ0n) is 12.1. The summed E-state index contributed by atoms with van der Waals surface area (Å²) in [5.74, 6) is 0.277. The zero-order valence-corrected chi connectivity index (χ0v) is 12.1. The third-order valence-electron chi connectivity index (χ3n) is 3.12. The summed E-state index contributed by atoms with van der Waals surface area (Å²) in [6.45, 7) is 1.36. The van der Waals surface area contributed by atoms with E-state index in [1.54, 1.807) is 10.7 Å². The van der Waals surface area contributed by atoms with Crippen LogP contribution in [-0.4, -0.2) is 28.4 Å². The highest BCUT2D eigenvalue weighted by molar-refractivity contribution is 5.48. The van der Waals surface area contributed by atoms with Crippen molar-refractivity contribution in [3.8, 4) is 5.75 Å². The van der Waals surface area contributed by atoms with Gasteiger partial charge in [0.15, 0.2) is 5.75 Å². The molecule has 1 aromatic carbocycles. The predicted octanol–water partition coefficient (Wildman–Crippen LogP) is 1.67. The summed E-state index contributed by atoms with van der Waals surface area (Å²) < 4.78 is 6.74. The Morgan fingerprint density at radius 1 is 1.43 bits per heavy atom. The highest BCUT2D eigenvalue weighted by Gasteiger charge is 2.14. The number of nitro benzene ring substituents is 1. The number of hydrogen-bond acceptors (Lipinski definition) is 5. The first-order valence-corrected chi connectivity index (χ1v) is 6.59. The van der Waals surface area contributed by atoms with E-state index < -0.39 is 4.92 Å². The summed E-state index contributed by atoms with van der Waals surface area (Å²) in [5.41, 5.74) is 2.00. The number of aryl methyl sites for hydroxylation is 1. The van der Waals surface area contributed by atoms with Gasteiger partial charge in [-0.25, -0.2) is 0 Å². The van der Waals surface area contributed by atoms with Gasteiger partial charge >= 0.3 is 5.69 Å². The second-order valence-electron chi connectivity index (χ2n) is 4.71. The molecule has 2 aromatic rings. The maximum absolute atomic E-state index is 10.9. The van der Waals surface area contributed by atoms with E-state index in [2.05, 4.69) is 10.4 Å². The lowest BCUT2D eigenvalue weighted by Crippen LogP contribution is -2.16. The fourth-order valence-corrected chi connectivity index (χ4v) is 2.05. The maximum atomic E-state index is 10.9. The molecule has 0 unspecified atom stereocenters. The second-order valence-corrected chi connectivity index (χ2v) is 4.71. The van der Waals surface area contributed by atoms with Crippen LogP contribution in [0, 0.1) is 10.1 Å². The van der Waals surface area contributed by atoms with Crippen molar-refractivity contribution in [3.63, 3.8) is 0 Å². The Morgan fingerprint density at radius 2 is 2.24 bits per heavy atom. The molecule has 0 saturated carbocycles. The van der Waals surface area contributed by atoms with Crippen molar-refractivity contribution >= 4 is 5.69 Å². The van der Waals surface area contributed by atoms with Gasteiger partial charge in [0.25, 0.3) is 0 Å². The molecule has 0 aliphatic rings. The largest absolute Gasteiger partial charge is 0.490 e. The molecular weight excluding hydrogens is 272 g/mol. The second kappa shape index (κ2) is 6.85. The topological polar surface area (TPSA) is 82.2 Å². The number of rotatable bonds is 7. The Kier molecular flexibility index (Phi) is 4.89. The van der Waals surface area contributed by atoms with Gasteiger partial charge in [-0.2, -0.15) is 5.10 Å².